The van der Waals surface area contributed by atoms with Crippen LogP contribution in [-0.4, -0.2) is 28.9 Å². The zero-order chi connectivity index (χ0) is 13.0. The Balaban J connectivity index is 2.97. The summed E-state index contributed by atoms with van der Waals surface area (Å²) in [5, 5.41) is 0.455. The van der Waals surface area contributed by atoms with Crippen LogP contribution in [0.3, 0.4) is 0 Å². The van der Waals surface area contributed by atoms with Gasteiger partial charge in [0.25, 0.3) is 5.91 Å². The number of thiocarbonyl (C=S) groups is 1. The average molecular weight is 271 g/mol. The maximum atomic E-state index is 12.2. The summed E-state index contributed by atoms with van der Waals surface area (Å²) >= 11 is 10.9. The molecule has 1 aromatic rings. The molecule has 0 bridgehead atoms. The van der Waals surface area contributed by atoms with Gasteiger partial charge in [-0.05, 0) is 31.5 Å². The first-order chi connectivity index (χ1) is 7.95. The molecular formula is C12H15ClN2OS. The molecule has 1 aromatic carbocycles. The fraction of sp³-hybridized carbons (Fsp3) is 0.333. The molecule has 0 radical (unpaired) electrons. The van der Waals surface area contributed by atoms with Crippen LogP contribution >= 0.6 is 23.8 Å². The lowest BCUT2D eigenvalue weighted by Crippen LogP contribution is -2.37. The molecule has 0 fully saturated rings. The fourth-order valence-corrected chi connectivity index (χ4v) is 1.95. The lowest BCUT2D eigenvalue weighted by atomic mass is 10.1. The largest absolute Gasteiger partial charge is 0.392 e. The summed E-state index contributed by atoms with van der Waals surface area (Å²) in [5.74, 6) is -0.148. The van der Waals surface area contributed by atoms with Crippen LogP contribution in [0, 0.1) is 6.92 Å². The minimum atomic E-state index is -0.148. The third-order valence-electron chi connectivity index (χ3n) is 2.37. The van der Waals surface area contributed by atoms with Crippen molar-refractivity contribution in [2.45, 2.75) is 13.8 Å². The van der Waals surface area contributed by atoms with Crippen LogP contribution in [0.4, 0.5) is 0 Å². The molecular weight excluding hydrogens is 256 g/mol. The standard InChI is InChI=1S/C12H15ClN2OS/c1-3-15(7-11(14)17)12(16)9-5-4-8(2)6-10(9)13/h4-6H,3,7H2,1-2H3,(H2,14,17). The van der Waals surface area contributed by atoms with Crippen LogP contribution < -0.4 is 5.73 Å². The summed E-state index contributed by atoms with van der Waals surface area (Å²) in [5.41, 5.74) is 6.95. The molecule has 0 saturated heterocycles. The molecule has 0 unspecified atom stereocenters. The number of likely N-dealkylation sites (N-methyl/N-ethyl adjacent to an activating group) is 1. The maximum Gasteiger partial charge on any atom is 0.255 e. The van der Waals surface area contributed by atoms with Gasteiger partial charge in [0.05, 0.1) is 22.1 Å². The molecule has 3 nitrogen and oxygen atoms in total. The summed E-state index contributed by atoms with van der Waals surface area (Å²) in [7, 11) is 0. The fourth-order valence-electron chi connectivity index (χ4n) is 1.48. The lowest BCUT2D eigenvalue weighted by Gasteiger charge is -2.20. The molecule has 92 valence electrons. The van der Waals surface area contributed by atoms with E-state index in [0.717, 1.165) is 5.56 Å². The smallest absolute Gasteiger partial charge is 0.255 e. The Morgan fingerprint density at radius 2 is 2.18 bits per heavy atom. The van der Waals surface area contributed by atoms with Crippen LogP contribution in [0.25, 0.3) is 0 Å². The van der Waals surface area contributed by atoms with Crippen molar-refractivity contribution in [2.75, 3.05) is 13.1 Å². The zero-order valence-electron chi connectivity index (χ0n) is 9.87. The van der Waals surface area contributed by atoms with Gasteiger partial charge in [-0.2, -0.15) is 0 Å². The van der Waals surface area contributed by atoms with E-state index in [2.05, 4.69) is 0 Å². The van der Waals surface area contributed by atoms with Crippen molar-refractivity contribution in [1.82, 2.24) is 4.90 Å². The van der Waals surface area contributed by atoms with Crippen LogP contribution in [0.1, 0.15) is 22.8 Å². The second-order valence-electron chi connectivity index (χ2n) is 3.77. The molecule has 17 heavy (non-hydrogen) atoms. The molecule has 0 atom stereocenters. The van der Waals surface area contributed by atoms with Gasteiger partial charge in [0.1, 0.15) is 0 Å². The minimum Gasteiger partial charge on any atom is -0.392 e. The van der Waals surface area contributed by atoms with E-state index in [4.69, 9.17) is 29.6 Å². The Labute approximate surface area is 112 Å². The number of hydrogen-bond acceptors (Lipinski definition) is 2. The summed E-state index contributed by atoms with van der Waals surface area (Å²) in [6.07, 6.45) is 0. The normalized spacial score (nSPS) is 10.1. The van der Waals surface area contributed by atoms with Crippen LogP contribution in [0.5, 0.6) is 0 Å². The second-order valence-corrected chi connectivity index (χ2v) is 4.70. The monoisotopic (exact) mass is 270 g/mol. The summed E-state index contributed by atoms with van der Waals surface area (Å²) in [6.45, 7) is 4.61. The van der Waals surface area contributed by atoms with Gasteiger partial charge in [0.15, 0.2) is 0 Å². The first-order valence-corrected chi connectivity index (χ1v) is 6.08. The number of nitrogens with two attached hydrogens (primary N) is 1. The van der Waals surface area contributed by atoms with E-state index in [1.54, 1.807) is 17.0 Å². The van der Waals surface area contributed by atoms with Gasteiger partial charge in [0, 0.05) is 6.54 Å². The SMILES string of the molecule is CCN(CC(N)=S)C(=O)c1ccc(C)cc1Cl. The topological polar surface area (TPSA) is 46.3 Å². The number of aryl methyl sites for hydroxylation is 1. The Bertz CT molecular complexity index is 448. The van der Waals surface area contributed by atoms with Crippen LogP contribution in [-0.2, 0) is 0 Å². The third kappa shape index (κ3) is 3.68. The number of carbonyl (C=O) groups excluding carboxylic acids is 1. The van der Waals surface area contributed by atoms with E-state index in [-0.39, 0.29) is 12.5 Å². The Morgan fingerprint density at radius 3 is 2.65 bits per heavy atom. The number of carbonyl (C=O) groups is 1. The molecule has 1 rings (SSSR count). The summed E-state index contributed by atoms with van der Waals surface area (Å²) < 4.78 is 0. The molecule has 0 aliphatic rings. The quantitative estimate of drug-likeness (QED) is 0.855. The Morgan fingerprint density at radius 1 is 1.53 bits per heavy atom. The van der Waals surface area contributed by atoms with E-state index >= 15 is 0 Å². The molecule has 0 saturated carbocycles. The van der Waals surface area contributed by atoms with Crippen molar-refractivity contribution in [3.8, 4) is 0 Å². The molecule has 0 spiro atoms. The number of hydrogen-bond donors (Lipinski definition) is 1. The average Bonchev–Trinajstić information content (AvgIpc) is 2.24. The van der Waals surface area contributed by atoms with Gasteiger partial charge in [-0.1, -0.05) is 29.9 Å². The van der Waals surface area contributed by atoms with E-state index in [9.17, 15) is 4.79 Å². The Kier molecular flexibility index (Phi) is 4.90. The predicted molar refractivity (Wildman–Crippen MR) is 74.6 cm³/mol. The zero-order valence-corrected chi connectivity index (χ0v) is 11.4. The van der Waals surface area contributed by atoms with Crippen LogP contribution in [0.15, 0.2) is 18.2 Å². The summed E-state index contributed by atoms with van der Waals surface area (Å²) in [4.78, 5) is 14.0. The lowest BCUT2D eigenvalue weighted by molar-refractivity contribution is 0.0788. The van der Waals surface area contributed by atoms with Crippen molar-refractivity contribution < 1.29 is 4.79 Å². The van der Waals surface area contributed by atoms with Gasteiger partial charge in [-0.25, -0.2) is 0 Å². The highest BCUT2D eigenvalue weighted by Gasteiger charge is 2.17. The first-order valence-electron chi connectivity index (χ1n) is 5.29. The van der Waals surface area contributed by atoms with Gasteiger partial charge >= 0.3 is 0 Å². The highest BCUT2D eigenvalue weighted by atomic mass is 35.5. The van der Waals surface area contributed by atoms with E-state index in [1.807, 2.05) is 19.9 Å². The van der Waals surface area contributed by atoms with Crippen molar-refractivity contribution in [1.29, 1.82) is 0 Å². The number of halogens is 1. The van der Waals surface area contributed by atoms with Gasteiger partial charge < -0.3 is 10.6 Å². The number of amides is 1. The van der Waals surface area contributed by atoms with E-state index in [0.29, 0.717) is 22.1 Å². The van der Waals surface area contributed by atoms with Crippen molar-refractivity contribution in [3.63, 3.8) is 0 Å². The molecule has 1 amide bonds. The first kappa shape index (κ1) is 13.9. The molecule has 2 N–H and O–H groups in total. The second kappa shape index (κ2) is 5.98. The van der Waals surface area contributed by atoms with Crippen molar-refractivity contribution in [3.05, 3.63) is 34.3 Å². The molecule has 5 heteroatoms. The van der Waals surface area contributed by atoms with E-state index in [1.165, 1.54) is 0 Å². The molecule has 0 aliphatic heterocycles. The van der Waals surface area contributed by atoms with Crippen molar-refractivity contribution >= 4 is 34.7 Å². The maximum absolute atomic E-state index is 12.2. The molecule has 0 heterocycles. The number of nitrogens with zero attached hydrogens (tertiary/aromatic N) is 1. The predicted octanol–water partition coefficient (Wildman–Crippen LogP) is 2.40. The van der Waals surface area contributed by atoms with E-state index < -0.39 is 0 Å². The highest BCUT2D eigenvalue weighted by Crippen LogP contribution is 2.19. The number of rotatable bonds is 4. The van der Waals surface area contributed by atoms with Gasteiger partial charge in [-0.3, -0.25) is 4.79 Å². The minimum absolute atomic E-state index is 0.148. The highest BCUT2D eigenvalue weighted by molar-refractivity contribution is 7.80. The molecule has 0 aromatic heterocycles. The summed E-state index contributed by atoms with van der Waals surface area (Å²) in [6, 6.07) is 5.35. The van der Waals surface area contributed by atoms with Crippen LogP contribution in [0.2, 0.25) is 5.02 Å². The van der Waals surface area contributed by atoms with Gasteiger partial charge in [-0.15, -0.1) is 0 Å². The number of benzene rings is 1. The Hall–Kier alpha value is -1.13. The molecule has 0 aliphatic carbocycles. The van der Waals surface area contributed by atoms with Crippen molar-refractivity contribution in [2.24, 2.45) is 5.73 Å². The third-order valence-corrected chi connectivity index (χ3v) is 2.81. The van der Waals surface area contributed by atoms with Gasteiger partial charge in [0.2, 0.25) is 0 Å².